The van der Waals surface area contributed by atoms with Gasteiger partial charge < -0.3 is 10.1 Å². The van der Waals surface area contributed by atoms with E-state index in [1.54, 1.807) is 0 Å². The summed E-state index contributed by atoms with van der Waals surface area (Å²) in [4.78, 5) is 17.1. The Kier molecular flexibility index (Phi) is 24.8. The van der Waals surface area contributed by atoms with Gasteiger partial charge in [0.15, 0.2) is 0 Å². The highest BCUT2D eigenvalue weighted by Gasteiger charge is 2.32. The molecule has 0 spiro atoms. The minimum atomic E-state index is -0.0126. The van der Waals surface area contributed by atoms with Crippen molar-refractivity contribution in [3.8, 4) is 0 Å². The van der Waals surface area contributed by atoms with Crippen molar-refractivity contribution in [3.05, 3.63) is 0 Å². The Balaban J connectivity index is 2.06. The Morgan fingerprint density at radius 1 is 0.650 bits per heavy atom. The summed E-state index contributed by atoms with van der Waals surface area (Å²) in [5.41, 5.74) is 0.00552. The minimum absolute atomic E-state index is 0.00552. The number of carbonyl (C=O) groups is 1. The minimum Gasteiger partial charge on any atom is -0.466 e. The molecule has 1 aliphatic rings. The third-order valence-electron chi connectivity index (χ3n) is 8.98. The molecular weight excluding hydrogens is 492 g/mol. The molecule has 0 aromatic heterocycles. The normalized spacial score (nSPS) is 14.6. The number of carbonyl (C=O) groups excluding carboxylic acids is 1. The molecule has 236 valence electrons. The summed E-state index contributed by atoms with van der Waals surface area (Å²) in [5, 5.41) is 3.51. The van der Waals surface area contributed by atoms with Gasteiger partial charge in [-0.05, 0) is 19.3 Å². The van der Waals surface area contributed by atoms with Crippen molar-refractivity contribution in [1.82, 2.24) is 5.32 Å². The lowest BCUT2D eigenvalue weighted by atomic mass is 9.80. The molecule has 4 heteroatoms. The Morgan fingerprint density at radius 3 is 1.50 bits per heavy atom. The van der Waals surface area contributed by atoms with Crippen LogP contribution in [0.1, 0.15) is 194 Å². The molecule has 0 aliphatic carbocycles. The van der Waals surface area contributed by atoms with E-state index in [2.05, 4.69) is 26.1 Å². The first-order chi connectivity index (χ1) is 19.6. The zero-order valence-electron chi connectivity index (χ0n) is 27.5. The van der Waals surface area contributed by atoms with Crippen molar-refractivity contribution < 1.29 is 9.53 Å². The molecule has 4 nitrogen and oxygen atoms in total. The van der Waals surface area contributed by atoms with E-state index in [4.69, 9.17) is 9.73 Å². The molecule has 0 saturated carbocycles. The molecule has 1 atom stereocenters. The number of nitrogens with one attached hydrogen (secondary N) is 1. The number of ether oxygens (including phenoxy) is 1. The second kappa shape index (κ2) is 26.8. The van der Waals surface area contributed by atoms with Crippen LogP contribution in [0.3, 0.4) is 0 Å². The maximum absolute atomic E-state index is 12.3. The SMILES string of the molecule is CCCCCCCCCCCCCCCC(=O)OCCC(C)(CCCCCCCCCCCCC)C1=NCCN1. The van der Waals surface area contributed by atoms with Crippen molar-refractivity contribution in [2.24, 2.45) is 10.4 Å². The van der Waals surface area contributed by atoms with E-state index in [1.807, 2.05) is 0 Å². The highest BCUT2D eigenvalue weighted by Crippen LogP contribution is 2.31. The average molecular weight is 563 g/mol. The standard InChI is InChI=1S/C36H70N2O2/c1-4-6-8-10-12-14-16-17-18-20-22-24-26-28-34(39)40-33-30-36(3,35-37-31-32-38-35)29-27-25-23-21-19-15-13-11-9-7-5-2/h4-33H2,1-3H3,(H,37,38). The molecule has 0 aromatic rings. The van der Waals surface area contributed by atoms with Crippen LogP contribution in [0.5, 0.6) is 0 Å². The number of hydrogen-bond acceptors (Lipinski definition) is 4. The number of amidine groups is 1. The molecule has 0 bridgehead atoms. The Bertz CT molecular complexity index is 606. The van der Waals surface area contributed by atoms with Crippen molar-refractivity contribution in [2.45, 2.75) is 194 Å². The van der Waals surface area contributed by atoms with Crippen LogP contribution >= 0.6 is 0 Å². The molecule has 0 radical (unpaired) electrons. The molecule has 0 amide bonds. The van der Waals surface area contributed by atoms with E-state index in [9.17, 15) is 4.79 Å². The van der Waals surface area contributed by atoms with Gasteiger partial charge in [-0.25, -0.2) is 0 Å². The van der Waals surface area contributed by atoms with Crippen LogP contribution in [-0.4, -0.2) is 31.5 Å². The van der Waals surface area contributed by atoms with Crippen molar-refractivity contribution in [1.29, 1.82) is 0 Å². The molecule has 1 N–H and O–H groups in total. The summed E-state index contributed by atoms with van der Waals surface area (Å²) in [7, 11) is 0. The van der Waals surface area contributed by atoms with Gasteiger partial charge in [0, 0.05) is 18.4 Å². The van der Waals surface area contributed by atoms with Crippen LogP contribution in [0.4, 0.5) is 0 Å². The van der Waals surface area contributed by atoms with Gasteiger partial charge in [-0.15, -0.1) is 0 Å². The van der Waals surface area contributed by atoms with Crippen LogP contribution < -0.4 is 5.32 Å². The number of unbranched alkanes of at least 4 members (excludes halogenated alkanes) is 22. The molecule has 0 saturated heterocycles. The average Bonchev–Trinajstić information content (AvgIpc) is 3.50. The smallest absolute Gasteiger partial charge is 0.305 e. The number of aliphatic imine (C=N–C) groups is 1. The number of rotatable bonds is 30. The molecular formula is C36H70N2O2. The quantitative estimate of drug-likeness (QED) is 0.0699. The van der Waals surface area contributed by atoms with Gasteiger partial charge >= 0.3 is 5.97 Å². The largest absolute Gasteiger partial charge is 0.466 e. The lowest BCUT2D eigenvalue weighted by molar-refractivity contribution is -0.144. The van der Waals surface area contributed by atoms with E-state index >= 15 is 0 Å². The molecule has 0 fully saturated rings. The second-order valence-electron chi connectivity index (χ2n) is 13.0. The van der Waals surface area contributed by atoms with Gasteiger partial charge in [-0.2, -0.15) is 0 Å². The maximum Gasteiger partial charge on any atom is 0.305 e. The highest BCUT2D eigenvalue weighted by molar-refractivity contribution is 5.89. The molecule has 1 aliphatic heterocycles. The molecule has 1 rings (SSSR count). The third kappa shape index (κ3) is 20.8. The monoisotopic (exact) mass is 563 g/mol. The zero-order valence-corrected chi connectivity index (χ0v) is 27.5. The fourth-order valence-electron chi connectivity index (χ4n) is 6.09. The number of nitrogens with zero attached hydrogens (tertiary/aromatic N) is 1. The molecule has 0 aromatic carbocycles. The van der Waals surface area contributed by atoms with E-state index in [0.29, 0.717) is 13.0 Å². The number of hydrogen-bond donors (Lipinski definition) is 1. The first-order valence-electron chi connectivity index (χ1n) is 18.1. The van der Waals surface area contributed by atoms with E-state index in [1.165, 1.54) is 141 Å². The van der Waals surface area contributed by atoms with Crippen molar-refractivity contribution in [2.75, 3.05) is 19.7 Å². The van der Waals surface area contributed by atoms with Gasteiger partial charge in [0.05, 0.1) is 13.2 Å². The summed E-state index contributed by atoms with van der Waals surface area (Å²) >= 11 is 0. The van der Waals surface area contributed by atoms with E-state index in [-0.39, 0.29) is 11.4 Å². The van der Waals surface area contributed by atoms with Crippen molar-refractivity contribution >= 4 is 11.8 Å². The van der Waals surface area contributed by atoms with E-state index < -0.39 is 0 Å². The topological polar surface area (TPSA) is 50.7 Å². The predicted octanol–water partition coefficient (Wildman–Crippen LogP) is 11.1. The van der Waals surface area contributed by atoms with Crippen LogP contribution in [0.25, 0.3) is 0 Å². The lowest BCUT2D eigenvalue weighted by Crippen LogP contribution is -2.37. The summed E-state index contributed by atoms with van der Waals surface area (Å²) in [6.07, 6.45) is 34.9. The summed E-state index contributed by atoms with van der Waals surface area (Å²) < 4.78 is 5.69. The van der Waals surface area contributed by atoms with Crippen LogP contribution in [0.15, 0.2) is 4.99 Å². The van der Waals surface area contributed by atoms with Crippen molar-refractivity contribution in [3.63, 3.8) is 0 Å². The zero-order chi connectivity index (χ0) is 29.0. The second-order valence-corrected chi connectivity index (χ2v) is 13.0. The highest BCUT2D eigenvalue weighted by atomic mass is 16.5. The summed E-state index contributed by atoms with van der Waals surface area (Å²) in [5.74, 6) is 1.13. The van der Waals surface area contributed by atoms with Gasteiger partial charge in [-0.3, -0.25) is 9.79 Å². The van der Waals surface area contributed by atoms with E-state index in [0.717, 1.165) is 44.6 Å². The molecule has 1 heterocycles. The maximum atomic E-state index is 12.3. The van der Waals surface area contributed by atoms with Gasteiger partial charge in [-0.1, -0.05) is 168 Å². The number of esters is 1. The molecule has 40 heavy (non-hydrogen) atoms. The fraction of sp³-hybridized carbons (Fsp3) is 0.944. The van der Waals surface area contributed by atoms with Crippen LogP contribution in [0, 0.1) is 5.41 Å². The predicted molar refractivity (Wildman–Crippen MR) is 175 cm³/mol. The van der Waals surface area contributed by atoms with Gasteiger partial charge in [0.2, 0.25) is 0 Å². The lowest BCUT2D eigenvalue weighted by Gasteiger charge is -2.30. The molecule has 1 unspecified atom stereocenters. The first kappa shape index (κ1) is 37.0. The summed E-state index contributed by atoms with van der Waals surface area (Å²) in [6, 6.07) is 0. The summed E-state index contributed by atoms with van der Waals surface area (Å²) in [6.45, 7) is 9.23. The van der Waals surface area contributed by atoms with Gasteiger partial charge in [0.1, 0.15) is 5.84 Å². The van der Waals surface area contributed by atoms with Crippen LogP contribution in [0.2, 0.25) is 0 Å². The Labute approximate surface area is 250 Å². The Morgan fingerprint density at radius 2 is 1.07 bits per heavy atom. The fourth-order valence-corrected chi connectivity index (χ4v) is 6.09. The Hall–Kier alpha value is -1.06. The first-order valence-corrected chi connectivity index (χ1v) is 18.1. The third-order valence-corrected chi connectivity index (χ3v) is 8.98. The van der Waals surface area contributed by atoms with Gasteiger partial charge in [0.25, 0.3) is 0 Å². The van der Waals surface area contributed by atoms with Crippen LogP contribution in [-0.2, 0) is 9.53 Å².